The van der Waals surface area contributed by atoms with Crippen LogP contribution >= 0.6 is 12.2 Å². The molecule has 0 saturated carbocycles. The van der Waals surface area contributed by atoms with Crippen LogP contribution in [0.2, 0.25) is 0 Å². The molecule has 0 aromatic heterocycles. The number of benzene rings is 1. The zero-order chi connectivity index (χ0) is 13.5. The Morgan fingerprint density at radius 2 is 2.11 bits per heavy atom. The highest BCUT2D eigenvalue weighted by Crippen LogP contribution is 2.15. The van der Waals surface area contributed by atoms with E-state index < -0.39 is 0 Å². The molecule has 0 radical (unpaired) electrons. The van der Waals surface area contributed by atoms with Crippen molar-refractivity contribution >= 4 is 29.2 Å². The molecule has 3 nitrogen and oxygen atoms in total. The summed E-state index contributed by atoms with van der Waals surface area (Å²) in [5, 5.41) is 7.82. The van der Waals surface area contributed by atoms with E-state index in [1.807, 2.05) is 30.5 Å². The van der Waals surface area contributed by atoms with Gasteiger partial charge in [0.25, 0.3) is 0 Å². The van der Waals surface area contributed by atoms with E-state index in [9.17, 15) is 0 Å². The van der Waals surface area contributed by atoms with E-state index in [1.165, 1.54) is 12.0 Å². The van der Waals surface area contributed by atoms with Crippen LogP contribution in [0.3, 0.4) is 0 Å². The first-order chi connectivity index (χ1) is 9.24. The molecule has 0 saturated heterocycles. The highest BCUT2D eigenvalue weighted by molar-refractivity contribution is 7.80. The topological polar surface area (TPSA) is 36.4 Å². The van der Waals surface area contributed by atoms with Crippen LogP contribution in [0.1, 0.15) is 24.8 Å². The Labute approximate surface area is 119 Å². The summed E-state index contributed by atoms with van der Waals surface area (Å²) in [6.45, 7) is 2.06. The summed E-state index contributed by atoms with van der Waals surface area (Å²) in [6, 6.07) is 8.09. The minimum absolute atomic E-state index is 0.520. The molecule has 19 heavy (non-hydrogen) atoms. The number of thiocarbonyl (C=S) groups is 1. The molecule has 100 valence electrons. The summed E-state index contributed by atoms with van der Waals surface area (Å²) in [5.41, 5.74) is 5.06. The maximum Gasteiger partial charge on any atom is 0.191 e. The Hall–Kier alpha value is -1.68. The average molecular weight is 273 g/mol. The smallest absolute Gasteiger partial charge is 0.191 e. The van der Waals surface area contributed by atoms with Gasteiger partial charge in [-0.1, -0.05) is 29.8 Å². The van der Waals surface area contributed by atoms with Crippen LogP contribution in [0, 0.1) is 12.8 Å². The van der Waals surface area contributed by atoms with Crippen molar-refractivity contribution in [3.05, 3.63) is 42.0 Å². The molecule has 2 rings (SSSR count). The summed E-state index contributed by atoms with van der Waals surface area (Å²) in [5.74, 6) is 0.527. The lowest BCUT2D eigenvalue weighted by Crippen LogP contribution is -2.24. The zero-order valence-electron chi connectivity index (χ0n) is 11.1. The number of nitrogens with one attached hydrogen (secondary N) is 2. The van der Waals surface area contributed by atoms with Gasteiger partial charge in [0.1, 0.15) is 0 Å². The molecule has 1 aromatic carbocycles. The molecule has 2 N–H and O–H groups in total. The highest BCUT2D eigenvalue weighted by atomic mass is 32.1. The van der Waals surface area contributed by atoms with E-state index in [4.69, 9.17) is 12.2 Å². The van der Waals surface area contributed by atoms with E-state index >= 15 is 0 Å². The van der Waals surface area contributed by atoms with Crippen molar-refractivity contribution in [3.8, 4) is 0 Å². The molecule has 0 aliphatic heterocycles. The molecular formula is C15H19N3S. The van der Waals surface area contributed by atoms with Crippen molar-refractivity contribution in [1.29, 1.82) is 0 Å². The first-order valence-corrected chi connectivity index (χ1v) is 6.97. The maximum absolute atomic E-state index is 5.19. The Bertz CT molecular complexity index is 477. The van der Waals surface area contributed by atoms with Gasteiger partial charge in [-0.15, -0.1) is 0 Å². The quantitative estimate of drug-likeness (QED) is 0.382. The van der Waals surface area contributed by atoms with Crippen LogP contribution in [0.4, 0.5) is 5.69 Å². The van der Waals surface area contributed by atoms with E-state index in [0.29, 0.717) is 11.0 Å². The maximum atomic E-state index is 5.19. The molecule has 0 spiro atoms. The normalized spacial score (nSPS) is 18.5. The fourth-order valence-electron chi connectivity index (χ4n) is 1.95. The van der Waals surface area contributed by atoms with E-state index in [-0.39, 0.29) is 0 Å². The monoisotopic (exact) mass is 273 g/mol. The fraction of sp³-hybridized carbons (Fsp3) is 0.333. The highest BCUT2D eigenvalue weighted by Gasteiger charge is 2.06. The summed E-state index contributed by atoms with van der Waals surface area (Å²) in [6.07, 6.45) is 9.77. The number of rotatable bonds is 3. The van der Waals surface area contributed by atoms with Crippen LogP contribution in [-0.2, 0) is 0 Å². The average Bonchev–Trinajstić information content (AvgIpc) is 2.43. The van der Waals surface area contributed by atoms with Crippen molar-refractivity contribution in [2.24, 2.45) is 11.0 Å². The molecule has 0 bridgehead atoms. The number of allylic oxidation sites excluding steroid dienone is 2. The Balaban J connectivity index is 1.76. The molecule has 0 amide bonds. The van der Waals surface area contributed by atoms with Gasteiger partial charge < -0.3 is 5.32 Å². The molecule has 0 heterocycles. The van der Waals surface area contributed by atoms with E-state index in [0.717, 1.165) is 18.5 Å². The molecular weight excluding hydrogens is 254 g/mol. The predicted molar refractivity (Wildman–Crippen MR) is 85.5 cm³/mol. The first kappa shape index (κ1) is 13.7. The third-order valence-corrected chi connectivity index (χ3v) is 3.26. The molecule has 1 aliphatic carbocycles. The van der Waals surface area contributed by atoms with Crippen LogP contribution in [-0.4, -0.2) is 11.3 Å². The van der Waals surface area contributed by atoms with Gasteiger partial charge >= 0.3 is 0 Å². The molecule has 0 unspecified atom stereocenters. The van der Waals surface area contributed by atoms with Gasteiger partial charge in [-0.25, -0.2) is 0 Å². The number of hydrazone groups is 1. The third kappa shape index (κ3) is 4.83. The van der Waals surface area contributed by atoms with Gasteiger partial charge in [-0.3, -0.25) is 5.43 Å². The molecule has 1 aromatic rings. The van der Waals surface area contributed by atoms with Crippen molar-refractivity contribution in [2.45, 2.75) is 26.2 Å². The summed E-state index contributed by atoms with van der Waals surface area (Å²) in [7, 11) is 0. The third-order valence-electron chi connectivity index (χ3n) is 3.07. The van der Waals surface area contributed by atoms with Crippen LogP contribution in [0.25, 0.3) is 0 Å². The largest absolute Gasteiger partial charge is 0.331 e. The minimum atomic E-state index is 0.520. The zero-order valence-corrected chi connectivity index (χ0v) is 11.9. The summed E-state index contributed by atoms with van der Waals surface area (Å²) < 4.78 is 0. The standard InChI is InChI=1S/C15H19N3S/c1-12-7-9-14(10-8-12)17-15(19)18-16-11-13-5-3-2-4-6-13/h2-3,7-11,13H,4-6H2,1H3,(H2,17,18,19)/b16-11-/t13-/m1/s1. The summed E-state index contributed by atoms with van der Waals surface area (Å²) in [4.78, 5) is 0. The van der Waals surface area contributed by atoms with Crippen LogP contribution in [0.5, 0.6) is 0 Å². The van der Waals surface area contributed by atoms with Gasteiger partial charge in [0.05, 0.1) is 0 Å². The Morgan fingerprint density at radius 1 is 1.32 bits per heavy atom. The van der Waals surface area contributed by atoms with Crippen molar-refractivity contribution in [3.63, 3.8) is 0 Å². The van der Waals surface area contributed by atoms with Gasteiger partial charge in [-0.05, 0) is 56.5 Å². The van der Waals surface area contributed by atoms with Crippen LogP contribution < -0.4 is 10.7 Å². The predicted octanol–water partition coefficient (Wildman–Crippen LogP) is 3.62. The van der Waals surface area contributed by atoms with E-state index in [2.05, 4.69) is 34.9 Å². The van der Waals surface area contributed by atoms with Crippen LogP contribution in [0.15, 0.2) is 41.5 Å². The van der Waals surface area contributed by atoms with Gasteiger partial charge in [0, 0.05) is 11.9 Å². The van der Waals surface area contributed by atoms with Gasteiger partial charge in [0.15, 0.2) is 5.11 Å². The summed E-state index contributed by atoms with van der Waals surface area (Å²) >= 11 is 5.19. The lowest BCUT2D eigenvalue weighted by atomic mass is 9.96. The Kier molecular flexibility index (Phi) is 5.10. The van der Waals surface area contributed by atoms with Crippen molar-refractivity contribution in [1.82, 2.24) is 5.43 Å². The van der Waals surface area contributed by atoms with Gasteiger partial charge in [0.2, 0.25) is 0 Å². The molecule has 4 heteroatoms. The number of hydrogen-bond acceptors (Lipinski definition) is 2. The second kappa shape index (κ2) is 7.04. The molecule has 0 fully saturated rings. The molecule has 1 aliphatic rings. The number of aryl methyl sites for hydroxylation is 1. The SMILES string of the molecule is Cc1ccc(NC(=S)N/N=C\[C@@H]2CC=CCC2)cc1. The first-order valence-electron chi connectivity index (χ1n) is 6.56. The van der Waals surface area contributed by atoms with Crippen molar-refractivity contribution in [2.75, 3.05) is 5.32 Å². The lowest BCUT2D eigenvalue weighted by Gasteiger charge is -2.12. The number of hydrogen-bond donors (Lipinski definition) is 2. The lowest BCUT2D eigenvalue weighted by molar-refractivity contribution is 0.624. The Morgan fingerprint density at radius 3 is 2.79 bits per heavy atom. The van der Waals surface area contributed by atoms with Gasteiger partial charge in [-0.2, -0.15) is 5.10 Å². The van der Waals surface area contributed by atoms with E-state index in [1.54, 1.807) is 0 Å². The second-order valence-electron chi connectivity index (χ2n) is 4.75. The number of anilines is 1. The second-order valence-corrected chi connectivity index (χ2v) is 5.16. The number of nitrogens with zero attached hydrogens (tertiary/aromatic N) is 1. The van der Waals surface area contributed by atoms with Crippen molar-refractivity contribution < 1.29 is 0 Å². The molecule has 1 atom stereocenters. The fourth-order valence-corrected chi connectivity index (χ4v) is 2.12. The minimum Gasteiger partial charge on any atom is -0.331 e.